The zero-order valence-electron chi connectivity index (χ0n) is 15.0. The first-order valence-electron chi connectivity index (χ1n) is 8.93. The second-order valence-electron chi connectivity index (χ2n) is 6.32. The first kappa shape index (κ1) is 17.6. The fraction of sp³-hybridized carbons (Fsp3) is 0.0417. The summed E-state index contributed by atoms with van der Waals surface area (Å²) in [4.78, 5) is 30.2. The molecule has 0 aliphatic rings. The Morgan fingerprint density at radius 3 is 2.11 bits per heavy atom. The van der Waals surface area contributed by atoms with Crippen molar-refractivity contribution in [2.24, 2.45) is 0 Å². The lowest BCUT2D eigenvalue weighted by Gasteiger charge is -2.17. The van der Waals surface area contributed by atoms with E-state index >= 15 is 0 Å². The molecule has 0 saturated heterocycles. The van der Waals surface area contributed by atoms with Crippen LogP contribution >= 0.6 is 0 Å². The van der Waals surface area contributed by atoms with Crippen molar-refractivity contribution >= 4 is 22.7 Å². The average Bonchev–Trinajstić information content (AvgIpc) is 2.77. The largest absolute Gasteiger partial charge is 0.444 e. The maximum atomic E-state index is 13.0. The van der Waals surface area contributed by atoms with Crippen molar-refractivity contribution in [2.75, 3.05) is 0 Å². The van der Waals surface area contributed by atoms with Gasteiger partial charge in [0, 0.05) is 16.5 Å². The molecule has 0 fully saturated rings. The molecule has 0 radical (unpaired) electrons. The standard InChI is InChI=1S/C24H17NO3/c26-22(18-10-3-1-4-11-18)23(19-12-5-2-6-13-19)28-24(27)21-16-15-17-9-7-8-14-20(17)25-21/h1-16,23H. The Balaban J connectivity index is 1.66. The first-order valence-corrected chi connectivity index (χ1v) is 8.93. The predicted octanol–water partition coefficient (Wildman–Crippen LogP) is 5.02. The third kappa shape index (κ3) is 3.67. The van der Waals surface area contributed by atoms with Gasteiger partial charge in [0.2, 0.25) is 5.78 Å². The number of aromatic nitrogens is 1. The lowest BCUT2D eigenvalue weighted by atomic mass is 10.00. The smallest absolute Gasteiger partial charge is 0.358 e. The number of hydrogen-bond donors (Lipinski definition) is 0. The van der Waals surface area contributed by atoms with Crippen LogP contribution in [0.2, 0.25) is 0 Å². The summed E-state index contributed by atoms with van der Waals surface area (Å²) in [7, 11) is 0. The van der Waals surface area contributed by atoms with Gasteiger partial charge >= 0.3 is 5.97 Å². The topological polar surface area (TPSA) is 56.3 Å². The van der Waals surface area contributed by atoms with Gasteiger partial charge in [0.25, 0.3) is 0 Å². The van der Waals surface area contributed by atoms with Crippen molar-refractivity contribution in [1.29, 1.82) is 0 Å². The van der Waals surface area contributed by atoms with Crippen LogP contribution in [-0.2, 0) is 4.74 Å². The van der Waals surface area contributed by atoms with E-state index in [9.17, 15) is 9.59 Å². The van der Waals surface area contributed by atoms with Gasteiger partial charge in [-0.1, -0.05) is 84.9 Å². The Morgan fingerprint density at radius 1 is 0.714 bits per heavy atom. The molecule has 1 unspecified atom stereocenters. The van der Waals surface area contributed by atoms with Crippen molar-refractivity contribution in [3.05, 3.63) is 114 Å². The summed E-state index contributed by atoms with van der Waals surface area (Å²) < 4.78 is 5.64. The molecule has 4 aromatic rings. The zero-order chi connectivity index (χ0) is 19.3. The average molecular weight is 367 g/mol. The molecule has 0 amide bonds. The van der Waals surface area contributed by atoms with Crippen molar-refractivity contribution < 1.29 is 14.3 Å². The normalized spacial score (nSPS) is 11.7. The Morgan fingerprint density at radius 2 is 1.36 bits per heavy atom. The number of carbonyl (C=O) groups is 2. The molecule has 0 saturated carbocycles. The quantitative estimate of drug-likeness (QED) is 0.367. The van der Waals surface area contributed by atoms with E-state index in [0.717, 1.165) is 5.39 Å². The van der Waals surface area contributed by atoms with Crippen molar-refractivity contribution in [1.82, 2.24) is 4.98 Å². The van der Waals surface area contributed by atoms with Crippen molar-refractivity contribution in [3.8, 4) is 0 Å². The summed E-state index contributed by atoms with van der Waals surface area (Å²) >= 11 is 0. The predicted molar refractivity (Wildman–Crippen MR) is 107 cm³/mol. The number of fused-ring (bicyclic) bond motifs is 1. The van der Waals surface area contributed by atoms with Gasteiger partial charge in [-0.05, 0) is 12.1 Å². The Kier molecular flexibility index (Phi) is 4.93. The summed E-state index contributed by atoms with van der Waals surface area (Å²) in [5.41, 5.74) is 1.96. The molecule has 3 aromatic carbocycles. The van der Waals surface area contributed by atoms with Crippen LogP contribution in [0.15, 0.2) is 97.1 Å². The van der Waals surface area contributed by atoms with E-state index in [0.29, 0.717) is 16.6 Å². The Hall–Kier alpha value is -3.79. The number of para-hydroxylation sites is 1. The van der Waals surface area contributed by atoms with Crippen LogP contribution in [0, 0.1) is 0 Å². The molecular weight excluding hydrogens is 350 g/mol. The van der Waals surface area contributed by atoms with Gasteiger partial charge in [-0.25, -0.2) is 9.78 Å². The van der Waals surface area contributed by atoms with Crippen LogP contribution in [0.5, 0.6) is 0 Å². The first-order chi connectivity index (χ1) is 13.7. The van der Waals surface area contributed by atoms with Crippen molar-refractivity contribution in [3.63, 3.8) is 0 Å². The number of benzene rings is 3. The third-order valence-corrected chi connectivity index (χ3v) is 4.43. The molecule has 0 aliphatic carbocycles. The van der Waals surface area contributed by atoms with E-state index in [1.165, 1.54) is 0 Å². The highest BCUT2D eigenvalue weighted by Crippen LogP contribution is 2.24. The zero-order valence-corrected chi connectivity index (χ0v) is 15.0. The molecule has 4 nitrogen and oxygen atoms in total. The number of nitrogens with zero attached hydrogens (tertiary/aromatic N) is 1. The minimum absolute atomic E-state index is 0.167. The molecule has 136 valence electrons. The molecule has 4 rings (SSSR count). The maximum absolute atomic E-state index is 13.0. The van der Waals surface area contributed by atoms with E-state index in [-0.39, 0.29) is 11.5 Å². The number of ether oxygens (including phenoxy) is 1. The molecule has 1 aromatic heterocycles. The molecular formula is C24H17NO3. The number of carbonyl (C=O) groups excluding carboxylic acids is 2. The van der Waals surface area contributed by atoms with Crippen LogP contribution in [-0.4, -0.2) is 16.7 Å². The number of Topliss-reactive ketones (excluding diaryl/α,β-unsaturated/α-hetero) is 1. The molecule has 0 aliphatic heterocycles. The van der Waals surface area contributed by atoms with Gasteiger partial charge in [0.15, 0.2) is 6.10 Å². The summed E-state index contributed by atoms with van der Waals surface area (Å²) in [5, 5.41) is 0.930. The fourth-order valence-corrected chi connectivity index (χ4v) is 3.00. The van der Waals surface area contributed by atoms with Gasteiger partial charge in [0.1, 0.15) is 5.69 Å². The molecule has 4 heteroatoms. The van der Waals surface area contributed by atoms with Crippen molar-refractivity contribution in [2.45, 2.75) is 6.10 Å². The lowest BCUT2D eigenvalue weighted by molar-refractivity contribution is 0.0275. The van der Waals surface area contributed by atoms with Crippen LogP contribution in [0.25, 0.3) is 10.9 Å². The fourth-order valence-electron chi connectivity index (χ4n) is 3.00. The van der Waals surface area contributed by atoms with Gasteiger partial charge < -0.3 is 4.74 Å². The number of hydrogen-bond acceptors (Lipinski definition) is 4. The summed E-state index contributed by atoms with van der Waals surface area (Å²) in [6.07, 6.45) is -1.04. The molecule has 1 atom stereocenters. The van der Waals surface area contributed by atoms with Crippen LogP contribution in [0.1, 0.15) is 32.5 Å². The highest BCUT2D eigenvalue weighted by atomic mass is 16.5. The molecule has 0 bridgehead atoms. The highest BCUT2D eigenvalue weighted by molar-refractivity contribution is 6.02. The lowest BCUT2D eigenvalue weighted by Crippen LogP contribution is -2.21. The molecule has 28 heavy (non-hydrogen) atoms. The van der Waals surface area contributed by atoms with Gasteiger partial charge in [-0.3, -0.25) is 4.79 Å². The molecule has 1 heterocycles. The van der Waals surface area contributed by atoms with Crippen LogP contribution in [0.3, 0.4) is 0 Å². The Labute approximate surface area is 162 Å². The number of ketones is 1. The Bertz CT molecular complexity index is 1120. The van der Waals surface area contributed by atoms with E-state index < -0.39 is 12.1 Å². The number of pyridine rings is 1. The van der Waals surface area contributed by atoms with Crippen LogP contribution in [0.4, 0.5) is 0 Å². The summed E-state index contributed by atoms with van der Waals surface area (Å²) in [6, 6.07) is 28.8. The second kappa shape index (κ2) is 7.84. The minimum Gasteiger partial charge on any atom is -0.444 e. The second-order valence-corrected chi connectivity index (χ2v) is 6.32. The van der Waals surface area contributed by atoms with Crippen LogP contribution < -0.4 is 0 Å². The third-order valence-electron chi connectivity index (χ3n) is 4.43. The van der Waals surface area contributed by atoms with E-state index in [4.69, 9.17) is 4.74 Å². The summed E-state index contributed by atoms with van der Waals surface area (Å²) in [6.45, 7) is 0. The number of esters is 1. The number of rotatable bonds is 5. The summed E-state index contributed by atoms with van der Waals surface area (Å²) in [5.74, 6) is -0.912. The maximum Gasteiger partial charge on any atom is 0.358 e. The van der Waals surface area contributed by atoms with Gasteiger partial charge in [-0.15, -0.1) is 0 Å². The molecule has 0 N–H and O–H groups in total. The van der Waals surface area contributed by atoms with E-state index in [1.807, 2.05) is 54.6 Å². The van der Waals surface area contributed by atoms with Gasteiger partial charge in [-0.2, -0.15) is 0 Å². The SMILES string of the molecule is O=C(OC(C(=O)c1ccccc1)c1ccccc1)c1ccc2ccccc2n1. The monoisotopic (exact) mass is 367 g/mol. The van der Waals surface area contributed by atoms with E-state index in [2.05, 4.69) is 4.98 Å². The van der Waals surface area contributed by atoms with E-state index in [1.54, 1.807) is 42.5 Å². The highest BCUT2D eigenvalue weighted by Gasteiger charge is 2.27. The minimum atomic E-state index is -1.04. The molecule has 0 spiro atoms. The van der Waals surface area contributed by atoms with Gasteiger partial charge in [0.05, 0.1) is 5.52 Å².